The van der Waals surface area contributed by atoms with Crippen LogP contribution in [0, 0.1) is 10.1 Å². The van der Waals surface area contributed by atoms with Crippen LogP contribution in [0.1, 0.15) is 31.0 Å². The van der Waals surface area contributed by atoms with Crippen LogP contribution < -0.4 is 10.6 Å². The number of nitrogens with two attached hydrogens (primary N) is 1. The lowest BCUT2D eigenvalue weighted by molar-refractivity contribution is -0.384. The van der Waals surface area contributed by atoms with Gasteiger partial charge >= 0.3 is 6.03 Å². The van der Waals surface area contributed by atoms with Gasteiger partial charge in [0.1, 0.15) is 0 Å². The van der Waals surface area contributed by atoms with E-state index < -0.39 is 28.5 Å². The fourth-order valence-corrected chi connectivity index (χ4v) is 3.51. The van der Waals surface area contributed by atoms with Crippen molar-refractivity contribution in [2.45, 2.75) is 31.4 Å². The molecule has 3 rings (SSSR count). The number of fused-ring (bicyclic) bond motifs is 1. The summed E-state index contributed by atoms with van der Waals surface area (Å²) in [6, 6.07) is 11.7. The van der Waals surface area contributed by atoms with E-state index >= 15 is 0 Å². The van der Waals surface area contributed by atoms with E-state index in [1.54, 1.807) is 36.4 Å². The highest BCUT2D eigenvalue weighted by molar-refractivity contribution is 5.92. The molecule has 0 aromatic heterocycles. The Morgan fingerprint density at radius 3 is 2.44 bits per heavy atom. The molecule has 0 fully saturated rings. The maximum absolute atomic E-state index is 12.2. The Balaban J connectivity index is 2.21. The molecule has 0 heterocycles. The minimum atomic E-state index is -0.961. The second-order valence-corrected chi connectivity index (χ2v) is 6.68. The number of nitrogens with zero attached hydrogens (tertiary/aromatic N) is 2. The van der Waals surface area contributed by atoms with Crippen molar-refractivity contribution in [3.8, 4) is 0 Å². The zero-order chi connectivity index (χ0) is 18.4. The molecular formula is C18H19N3O4. The molecule has 2 amide bonds. The molecule has 2 aromatic rings. The van der Waals surface area contributed by atoms with Gasteiger partial charge in [-0.1, -0.05) is 38.1 Å². The normalized spacial score (nSPS) is 20.8. The molecule has 0 saturated carbocycles. The van der Waals surface area contributed by atoms with Crippen LogP contribution in [-0.2, 0) is 5.41 Å². The average Bonchev–Trinajstić information content (AvgIpc) is 2.76. The quantitative estimate of drug-likeness (QED) is 0.660. The highest BCUT2D eigenvalue weighted by Crippen LogP contribution is 2.49. The van der Waals surface area contributed by atoms with Gasteiger partial charge in [-0.25, -0.2) is 4.79 Å². The number of para-hydroxylation sites is 1. The Morgan fingerprint density at radius 2 is 1.88 bits per heavy atom. The number of urea groups is 1. The molecule has 1 aliphatic carbocycles. The maximum Gasteiger partial charge on any atom is 0.319 e. The van der Waals surface area contributed by atoms with Crippen LogP contribution in [0.3, 0.4) is 0 Å². The van der Waals surface area contributed by atoms with Crippen molar-refractivity contribution >= 4 is 17.4 Å². The summed E-state index contributed by atoms with van der Waals surface area (Å²) in [5.74, 6) is 0. The second kappa shape index (κ2) is 5.86. The number of nitro groups is 1. The molecule has 2 atom stereocenters. The molecule has 25 heavy (non-hydrogen) atoms. The van der Waals surface area contributed by atoms with E-state index in [-0.39, 0.29) is 5.69 Å². The van der Waals surface area contributed by atoms with E-state index in [0.29, 0.717) is 11.3 Å². The summed E-state index contributed by atoms with van der Waals surface area (Å²) in [5, 5.41) is 22.1. The predicted molar refractivity (Wildman–Crippen MR) is 93.4 cm³/mol. The third kappa shape index (κ3) is 2.62. The number of aliphatic hydroxyl groups excluding tert-OH is 1. The lowest BCUT2D eigenvalue weighted by Gasteiger charge is -2.33. The Labute approximate surface area is 144 Å². The molecule has 2 unspecified atom stereocenters. The second-order valence-electron chi connectivity index (χ2n) is 6.68. The number of benzene rings is 2. The first-order valence-electron chi connectivity index (χ1n) is 7.85. The van der Waals surface area contributed by atoms with Crippen molar-refractivity contribution in [3.05, 3.63) is 69.8 Å². The first-order chi connectivity index (χ1) is 11.7. The maximum atomic E-state index is 12.2. The van der Waals surface area contributed by atoms with Gasteiger partial charge in [0.15, 0.2) is 0 Å². The lowest BCUT2D eigenvalue weighted by atomic mass is 9.84. The minimum absolute atomic E-state index is 0.0915. The molecule has 7 nitrogen and oxygen atoms in total. The van der Waals surface area contributed by atoms with Gasteiger partial charge in [-0.05, 0) is 23.3 Å². The Bertz CT molecular complexity index is 835. The van der Waals surface area contributed by atoms with Crippen LogP contribution in [0.25, 0.3) is 0 Å². The predicted octanol–water partition coefficient (Wildman–Crippen LogP) is 2.87. The summed E-state index contributed by atoms with van der Waals surface area (Å²) in [6.07, 6.45) is -0.961. The van der Waals surface area contributed by atoms with Gasteiger partial charge in [-0.2, -0.15) is 0 Å². The molecule has 3 N–H and O–H groups in total. The number of anilines is 1. The number of non-ortho nitro benzene ring substituents is 1. The smallest absolute Gasteiger partial charge is 0.319 e. The topological polar surface area (TPSA) is 110 Å². The van der Waals surface area contributed by atoms with Crippen molar-refractivity contribution < 1.29 is 14.8 Å². The molecule has 130 valence electrons. The van der Waals surface area contributed by atoms with E-state index in [0.717, 1.165) is 5.56 Å². The van der Waals surface area contributed by atoms with Crippen molar-refractivity contribution in [2.75, 3.05) is 4.90 Å². The third-order valence-electron chi connectivity index (χ3n) is 4.85. The van der Waals surface area contributed by atoms with Crippen molar-refractivity contribution in [1.82, 2.24) is 0 Å². The largest absolute Gasteiger partial charge is 0.390 e. The Kier molecular flexibility index (Phi) is 3.96. The van der Waals surface area contributed by atoms with Gasteiger partial charge < -0.3 is 10.8 Å². The number of carbonyl (C=O) groups is 1. The summed E-state index contributed by atoms with van der Waals surface area (Å²) in [5.41, 5.74) is 6.64. The Hall–Kier alpha value is -2.93. The summed E-state index contributed by atoms with van der Waals surface area (Å²) in [6.45, 7) is 3.68. The number of primary amides is 1. The monoisotopic (exact) mass is 341 g/mol. The number of hydrogen-bond acceptors (Lipinski definition) is 4. The molecule has 0 spiro atoms. The third-order valence-corrected chi connectivity index (χ3v) is 4.85. The van der Waals surface area contributed by atoms with E-state index in [1.807, 2.05) is 13.8 Å². The molecule has 2 aromatic carbocycles. The number of aliphatic hydroxyl groups is 1. The van der Waals surface area contributed by atoms with Crippen molar-refractivity contribution in [2.24, 2.45) is 5.73 Å². The number of amides is 2. The molecule has 7 heteroatoms. The fourth-order valence-electron chi connectivity index (χ4n) is 3.51. The van der Waals surface area contributed by atoms with Gasteiger partial charge in [0, 0.05) is 23.2 Å². The first kappa shape index (κ1) is 16.9. The number of carbonyl (C=O) groups excluding carboxylic acids is 1. The lowest BCUT2D eigenvalue weighted by Crippen LogP contribution is -2.45. The van der Waals surface area contributed by atoms with Gasteiger partial charge in [0.05, 0.1) is 17.1 Å². The molecule has 0 radical (unpaired) electrons. The van der Waals surface area contributed by atoms with Crippen molar-refractivity contribution in [3.63, 3.8) is 0 Å². The molecule has 0 saturated heterocycles. The van der Waals surface area contributed by atoms with E-state index in [4.69, 9.17) is 5.73 Å². The van der Waals surface area contributed by atoms with Crippen LogP contribution in [0.2, 0.25) is 0 Å². The van der Waals surface area contributed by atoms with Crippen LogP contribution >= 0.6 is 0 Å². The fraction of sp³-hybridized carbons (Fsp3) is 0.278. The summed E-state index contributed by atoms with van der Waals surface area (Å²) in [7, 11) is 0. The van der Waals surface area contributed by atoms with Gasteiger partial charge in [-0.3, -0.25) is 15.0 Å². The van der Waals surface area contributed by atoms with Crippen molar-refractivity contribution in [1.29, 1.82) is 0 Å². The highest BCUT2D eigenvalue weighted by atomic mass is 16.6. The van der Waals surface area contributed by atoms with Gasteiger partial charge in [0.25, 0.3) is 5.69 Å². The van der Waals surface area contributed by atoms with E-state index in [2.05, 4.69) is 0 Å². The summed E-state index contributed by atoms with van der Waals surface area (Å²) in [4.78, 5) is 24.1. The standard InChI is InChI=1S/C18H19N3O4/c1-18(2)14-9-8-12(21(24)25)10-13(14)15(16(18)22)20(17(19)23)11-6-4-3-5-7-11/h3-10,15-16,22H,1-2H3,(H2,19,23). The molecular weight excluding hydrogens is 322 g/mol. The molecule has 1 aliphatic rings. The van der Waals surface area contributed by atoms with Gasteiger partial charge in [0.2, 0.25) is 0 Å². The summed E-state index contributed by atoms with van der Waals surface area (Å²) >= 11 is 0. The van der Waals surface area contributed by atoms with Crippen LogP contribution in [0.15, 0.2) is 48.5 Å². The van der Waals surface area contributed by atoms with Crippen LogP contribution in [0.4, 0.5) is 16.2 Å². The van der Waals surface area contributed by atoms with Crippen LogP contribution in [0.5, 0.6) is 0 Å². The summed E-state index contributed by atoms with van der Waals surface area (Å²) < 4.78 is 0. The SMILES string of the molecule is CC1(C)c2ccc([N+](=O)[O-])cc2C(N(C(N)=O)c2ccccc2)C1O. The molecule has 0 bridgehead atoms. The first-order valence-corrected chi connectivity index (χ1v) is 7.85. The zero-order valence-electron chi connectivity index (χ0n) is 13.9. The number of hydrogen-bond donors (Lipinski definition) is 2. The Morgan fingerprint density at radius 1 is 1.24 bits per heavy atom. The number of nitro benzene ring substituents is 1. The zero-order valence-corrected chi connectivity index (χ0v) is 13.9. The number of rotatable bonds is 3. The molecule has 0 aliphatic heterocycles. The average molecular weight is 341 g/mol. The van der Waals surface area contributed by atoms with E-state index in [1.165, 1.54) is 17.0 Å². The van der Waals surface area contributed by atoms with Crippen LogP contribution in [-0.4, -0.2) is 22.2 Å². The van der Waals surface area contributed by atoms with Gasteiger partial charge in [-0.15, -0.1) is 0 Å². The minimum Gasteiger partial charge on any atom is -0.390 e. The van der Waals surface area contributed by atoms with E-state index in [9.17, 15) is 20.0 Å². The highest BCUT2D eigenvalue weighted by Gasteiger charge is 2.49.